The molecule has 36 heavy (non-hydrogen) atoms. The first kappa shape index (κ1) is 22.4. The Morgan fingerprint density at radius 2 is 1.50 bits per heavy atom. The number of para-hydroxylation sites is 2. The van der Waals surface area contributed by atoms with Gasteiger partial charge in [0.25, 0.3) is 11.1 Å². The van der Waals surface area contributed by atoms with Crippen molar-refractivity contribution in [1.82, 2.24) is 24.4 Å². The van der Waals surface area contributed by atoms with Crippen LogP contribution in [0.2, 0.25) is 0 Å². The van der Waals surface area contributed by atoms with Crippen molar-refractivity contribution >= 4 is 11.0 Å². The Labute approximate surface area is 211 Å². The number of fused-ring (bicyclic) bond motifs is 5. The summed E-state index contributed by atoms with van der Waals surface area (Å²) in [5, 5.41) is 0. The van der Waals surface area contributed by atoms with Gasteiger partial charge in [0.15, 0.2) is 5.69 Å². The van der Waals surface area contributed by atoms with E-state index >= 15 is 0 Å². The van der Waals surface area contributed by atoms with Crippen LogP contribution in [0.4, 0.5) is 0 Å². The lowest BCUT2D eigenvalue weighted by Gasteiger charge is -2.55. The SMILES string of the molecule is O=c1cncc(-c2nc3ccccc3n([C@H]3C[C@H]4CCC[C@@H](C3)N4[C@H]3C[C@@H]4CCC[C@@H](C4)C3)c2=O)[nH]1. The van der Waals surface area contributed by atoms with Gasteiger partial charge < -0.3 is 9.55 Å². The maximum absolute atomic E-state index is 14.0. The fourth-order valence-corrected chi connectivity index (χ4v) is 8.32. The second-order valence-corrected chi connectivity index (χ2v) is 11.8. The van der Waals surface area contributed by atoms with Crippen molar-refractivity contribution in [3.8, 4) is 11.4 Å². The van der Waals surface area contributed by atoms with E-state index in [2.05, 4.69) is 19.9 Å². The number of benzene rings is 1. The van der Waals surface area contributed by atoms with Crippen molar-refractivity contribution in [3.63, 3.8) is 0 Å². The van der Waals surface area contributed by atoms with Crippen molar-refractivity contribution in [1.29, 1.82) is 0 Å². The number of nitrogens with zero attached hydrogens (tertiary/aromatic N) is 4. The summed E-state index contributed by atoms with van der Waals surface area (Å²) >= 11 is 0. The lowest BCUT2D eigenvalue weighted by molar-refractivity contribution is -0.0485. The molecule has 7 heteroatoms. The van der Waals surface area contributed by atoms with Crippen LogP contribution in [0.3, 0.4) is 0 Å². The molecule has 2 aliphatic heterocycles. The Kier molecular flexibility index (Phi) is 5.57. The lowest BCUT2D eigenvalue weighted by Crippen LogP contribution is -2.58. The Hall–Kier alpha value is -2.80. The van der Waals surface area contributed by atoms with Crippen LogP contribution in [0.15, 0.2) is 46.2 Å². The number of piperidine rings is 2. The van der Waals surface area contributed by atoms with Crippen molar-refractivity contribution in [2.75, 3.05) is 0 Å². The van der Waals surface area contributed by atoms with Crippen molar-refractivity contribution in [2.24, 2.45) is 11.8 Å². The van der Waals surface area contributed by atoms with E-state index in [9.17, 15) is 9.59 Å². The highest BCUT2D eigenvalue weighted by Crippen LogP contribution is 2.47. The summed E-state index contributed by atoms with van der Waals surface area (Å²) in [5.74, 6) is 1.86. The third-order valence-corrected chi connectivity index (χ3v) is 9.60. The predicted molar refractivity (Wildman–Crippen MR) is 140 cm³/mol. The van der Waals surface area contributed by atoms with Gasteiger partial charge in [0, 0.05) is 24.2 Å². The van der Waals surface area contributed by atoms with Crippen molar-refractivity contribution < 1.29 is 0 Å². The van der Waals surface area contributed by atoms with Gasteiger partial charge in [-0.05, 0) is 68.9 Å². The fourth-order valence-electron chi connectivity index (χ4n) is 8.32. The summed E-state index contributed by atoms with van der Waals surface area (Å²) in [4.78, 5) is 40.3. The molecule has 3 aromatic rings. The molecule has 7 rings (SSSR count). The minimum atomic E-state index is -0.325. The van der Waals surface area contributed by atoms with Gasteiger partial charge >= 0.3 is 0 Å². The van der Waals surface area contributed by atoms with Gasteiger partial charge in [-0.15, -0.1) is 0 Å². The largest absolute Gasteiger partial charge is 0.318 e. The summed E-state index contributed by atoms with van der Waals surface area (Å²) < 4.78 is 2.00. The number of hydrogen-bond acceptors (Lipinski definition) is 5. The van der Waals surface area contributed by atoms with Crippen molar-refractivity contribution in [3.05, 3.63) is 57.4 Å². The van der Waals surface area contributed by atoms with Gasteiger partial charge in [0.2, 0.25) is 0 Å². The number of hydrogen-bond donors (Lipinski definition) is 1. The first-order valence-electron chi connectivity index (χ1n) is 14.0. The Morgan fingerprint density at radius 1 is 0.778 bits per heavy atom. The second-order valence-electron chi connectivity index (χ2n) is 11.8. The normalized spacial score (nSPS) is 32.4. The van der Waals surface area contributed by atoms with Crippen LogP contribution in [0, 0.1) is 11.8 Å². The number of rotatable bonds is 3. The maximum atomic E-state index is 14.0. The van der Waals surface area contributed by atoms with E-state index in [-0.39, 0.29) is 22.9 Å². The standard InChI is InChI=1S/C29H35N5O2/c35-27-17-30-16-25(31-27)28-29(36)34(26-10-2-1-9-24(26)32-28)23-14-20-7-4-8-21(15-23)33(20)22-12-18-5-3-6-19(11-18)13-22/h1-2,9-10,16-23H,3-8,11-15H2,(H,31,35)/t18-,19+,20-,21+,22+,23+. The molecule has 0 radical (unpaired) electrons. The quantitative estimate of drug-likeness (QED) is 0.583. The van der Waals surface area contributed by atoms with E-state index in [1.165, 1.54) is 70.2 Å². The van der Waals surface area contributed by atoms with Crippen LogP contribution in [0.5, 0.6) is 0 Å². The molecule has 0 spiro atoms. The van der Waals surface area contributed by atoms with Gasteiger partial charge in [0.05, 0.1) is 29.1 Å². The zero-order valence-electron chi connectivity index (χ0n) is 20.8. The molecule has 4 fully saturated rings. The van der Waals surface area contributed by atoms with E-state index in [0.717, 1.165) is 41.8 Å². The Balaban J connectivity index is 1.27. The van der Waals surface area contributed by atoms with Gasteiger partial charge in [0.1, 0.15) is 0 Å². The van der Waals surface area contributed by atoms with Gasteiger partial charge in [-0.2, -0.15) is 0 Å². The monoisotopic (exact) mass is 485 g/mol. The average Bonchev–Trinajstić information content (AvgIpc) is 2.87. The molecule has 2 aliphatic carbocycles. The van der Waals surface area contributed by atoms with Crippen LogP contribution in [0.25, 0.3) is 22.4 Å². The van der Waals surface area contributed by atoms with Gasteiger partial charge in [-0.25, -0.2) is 4.98 Å². The predicted octanol–water partition coefficient (Wildman–Crippen LogP) is 4.67. The molecule has 4 aliphatic rings. The fraction of sp³-hybridized carbons (Fsp3) is 0.586. The summed E-state index contributed by atoms with van der Waals surface area (Å²) in [6, 6.07) is 9.89. The molecular formula is C29H35N5O2. The third kappa shape index (κ3) is 3.83. The molecule has 188 valence electrons. The van der Waals surface area contributed by atoms with Crippen molar-refractivity contribution in [2.45, 2.75) is 94.8 Å². The highest BCUT2D eigenvalue weighted by molar-refractivity contribution is 5.77. The Morgan fingerprint density at radius 3 is 2.25 bits per heavy atom. The number of nitrogens with one attached hydrogen (secondary N) is 1. The van der Waals surface area contributed by atoms with E-state index in [1.807, 2.05) is 28.8 Å². The first-order valence-corrected chi connectivity index (χ1v) is 14.0. The van der Waals surface area contributed by atoms with Crippen LogP contribution < -0.4 is 11.1 Å². The topological polar surface area (TPSA) is 83.9 Å². The molecular weight excluding hydrogens is 450 g/mol. The second kappa shape index (κ2) is 8.94. The summed E-state index contributed by atoms with van der Waals surface area (Å²) in [6.45, 7) is 0. The molecule has 2 aromatic heterocycles. The molecule has 0 unspecified atom stereocenters. The molecule has 2 saturated carbocycles. The van der Waals surface area contributed by atoms with Crippen LogP contribution in [-0.2, 0) is 0 Å². The van der Waals surface area contributed by atoms with E-state index in [4.69, 9.17) is 0 Å². The summed E-state index contributed by atoms with van der Waals surface area (Å²) in [5.41, 5.74) is 1.89. The lowest BCUT2D eigenvalue weighted by atomic mass is 9.68. The third-order valence-electron chi connectivity index (χ3n) is 9.60. The first-order chi connectivity index (χ1) is 17.6. The highest BCUT2D eigenvalue weighted by Gasteiger charge is 2.45. The highest BCUT2D eigenvalue weighted by atomic mass is 16.1. The van der Waals surface area contributed by atoms with Gasteiger partial charge in [-0.1, -0.05) is 37.8 Å². The number of H-pyrrole nitrogens is 1. The van der Waals surface area contributed by atoms with E-state index in [1.54, 1.807) is 0 Å². The summed E-state index contributed by atoms with van der Waals surface area (Å²) in [6.07, 6.45) is 17.0. The smallest absolute Gasteiger partial charge is 0.279 e. The number of aromatic amines is 1. The van der Waals surface area contributed by atoms with E-state index < -0.39 is 0 Å². The minimum absolute atomic E-state index is 0.124. The average molecular weight is 486 g/mol. The zero-order valence-corrected chi connectivity index (χ0v) is 20.8. The maximum Gasteiger partial charge on any atom is 0.279 e. The molecule has 2 saturated heterocycles. The number of aromatic nitrogens is 4. The zero-order chi connectivity index (χ0) is 24.2. The summed E-state index contributed by atoms with van der Waals surface area (Å²) in [7, 11) is 0. The van der Waals surface area contributed by atoms with Crippen LogP contribution in [0.1, 0.15) is 76.7 Å². The molecule has 4 bridgehead atoms. The molecule has 6 atom stereocenters. The molecule has 7 nitrogen and oxygen atoms in total. The van der Waals surface area contributed by atoms with Crippen LogP contribution in [-0.4, -0.2) is 42.5 Å². The van der Waals surface area contributed by atoms with Gasteiger partial charge in [-0.3, -0.25) is 19.5 Å². The molecule has 1 N–H and O–H groups in total. The minimum Gasteiger partial charge on any atom is -0.318 e. The molecule has 1 aromatic carbocycles. The van der Waals surface area contributed by atoms with Crippen LogP contribution >= 0.6 is 0 Å². The molecule has 0 amide bonds. The molecule has 4 heterocycles. The van der Waals surface area contributed by atoms with E-state index in [0.29, 0.717) is 17.8 Å². The Bertz CT molecular complexity index is 1370.